The Labute approximate surface area is 387 Å². The molecule has 0 aliphatic rings. The summed E-state index contributed by atoms with van der Waals surface area (Å²) in [7, 11) is 0. The summed E-state index contributed by atoms with van der Waals surface area (Å²) < 4.78 is 2.51. The Morgan fingerprint density at radius 1 is 0.508 bits per heavy atom. The standard InChI is InChI=1S/C19H18N4O.2C17H10NS.Ir/c24-19(7-5-15-8-11-20-12-9-15)23-14-16-4-6-18(22-13-16)17-3-1-2-10-21-17;2*1-3-7-14-12(5-1)9-10-15(18-14)17-11-13-6-2-4-8-16(13)19-17;/h1-4,6,8-13H,5,7,14H2,(H,23,24);2*1-10H;/q;2*-1;-3. The summed E-state index contributed by atoms with van der Waals surface area (Å²) in [6.07, 6.45) is 8.17. The predicted octanol–water partition coefficient (Wildman–Crippen LogP) is 12.6. The zero-order valence-electron chi connectivity index (χ0n) is 33.8. The second-order valence-electron chi connectivity index (χ2n) is 14.3. The SMILES string of the molecule is O=C(CCc1ccncc1)NCc1ccc(-c2ccccn2)nc1.[Ir-3].[c-]1c(-c2ccc3ccccc3n2)sc2ccccc12.[c-]1c(-c2ccc3ccccc3n2)sc2ccccc12. The van der Waals surface area contributed by atoms with Crippen LogP contribution in [0.2, 0.25) is 0 Å². The van der Waals surface area contributed by atoms with E-state index in [4.69, 9.17) is 9.97 Å². The van der Waals surface area contributed by atoms with Gasteiger partial charge in [-0.25, -0.2) is 22.7 Å². The van der Waals surface area contributed by atoms with E-state index in [1.165, 1.54) is 20.2 Å². The molecule has 7 heterocycles. The van der Waals surface area contributed by atoms with Crippen molar-refractivity contribution in [3.05, 3.63) is 212 Å². The quantitative estimate of drug-likeness (QED) is 0.152. The molecule has 7 nitrogen and oxygen atoms in total. The maximum absolute atomic E-state index is 11.9. The van der Waals surface area contributed by atoms with E-state index in [9.17, 15) is 4.79 Å². The Balaban J connectivity index is 0.000000130. The van der Waals surface area contributed by atoms with Crippen molar-refractivity contribution < 1.29 is 24.9 Å². The molecule has 0 aliphatic heterocycles. The molecular weight excluding hydrogens is 993 g/mol. The van der Waals surface area contributed by atoms with Gasteiger partial charge in [-0.1, -0.05) is 97.1 Å². The number of aryl methyl sites for hydroxylation is 1. The summed E-state index contributed by atoms with van der Waals surface area (Å²) in [5.41, 5.74) is 7.80. The average Bonchev–Trinajstić information content (AvgIpc) is 3.99. The van der Waals surface area contributed by atoms with Gasteiger partial charge in [0.2, 0.25) is 5.91 Å². The summed E-state index contributed by atoms with van der Waals surface area (Å²) in [5.74, 6) is 0.0283. The first kappa shape index (κ1) is 42.9. The van der Waals surface area contributed by atoms with Crippen molar-refractivity contribution in [2.24, 2.45) is 0 Å². The molecule has 4 aromatic carbocycles. The molecule has 312 valence electrons. The number of carbonyl (C=O) groups is 1. The van der Waals surface area contributed by atoms with Crippen molar-refractivity contribution in [1.29, 1.82) is 0 Å². The molecule has 0 spiro atoms. The van der Waals surface area contributed by atoms with Gasteiger partial charge < -0.3 is 25.4 Å². The summed E-state index contributed by atoms with van der Waals surface area (Å²) in [5, 5.41) is 7.59. The number of hydrogen-bond donors (Lipinski definition) is 1. The number of fused-ring (bicyclic) bond motifs is 4. The molecule has 0 atom stereocenters. The molecule has 0 saturated carbocycles. The van der Waals surface area contributed by atoms with Crippen LogP contribution in [0.15, 0.2) is 189 Å². The normalized spacial score (nSPS) is 10.7. The molecule has 0 bridgehead atoms. The Morgan fingerprint density at radius 3 is 1.60 bits per heavy atom. The first-order chi connectivity index (χ1) is 30.6. The topological polar surface area (TPSA) is 93.6 Å². The minimum absolute atomic E-state index is 0. The van der Waals surface area contributed by atoms with Gasteiger partial charge in [0.05, 0.1) is 22.4 Å². The minimum Gasteiger partial charge on any atom is -3.00 e. The number of hydrogen-bond acceptors (Lipinski definition) is 8. The van der Waals surface area contributed by atoms with Crippen molar-refractivity contribution in [1.82, 2.24) is 30.2 Å². The third-order valence-corrected chi connectivity index (χ3v) is 12.2. The molecule has 1 N–H and O–H groups in total. The van der Waals surface area contributed by atoms with Gasteiger partial charge >= 0.3 is 0 Å². The minimum atomic E-state index is 0. The van der Waals surface area contributed by atoms with Crippen LogP contribution in [0.4, 0.5) is 0 Å². The van der Waals surface area contributed by atoms with Crippen molar-refractivity contribution in [2.75, 3.05) is 0 Å². The Bertz CT molecular complexity index is 3010. The summed E-state index contributed by atoms with van der Waals surface area (Å²) >= 11 is 3.48. The molecule has 63 heavy (non-hydrogen) atoms. The van der Waals surface area contributed by atoms with Crippen molar-refractivity contribution in [3.63, 3.8) is 0 Å². The van der Waals surface area contributed by atoms with Crippen LogP contribution in [-0.4, -0.2) is 30.8 Å². The van der Waals surface area contributed by atoms with Crippen molar-refractivity contribution >= 4 is 70.6 Å². The van der Waals surface area contributed by atoms with Crippen LogP contribution in [0, 0.1) is 12.1 Å². The van der Waals surface area contributed by atoms with E-state index in [0.29, 0.717) is 19.4 Å². The molecule has 7 aromatic heterocycles. The maximum Gasteiger partial charge on any atom is 0.220 e. The fraction of sp³-hybridized carbons (Fsp3) is 0.0566. The van der Waals surface area contributed by atoms with E-state index in [1.807, 2.05) is 91.0 Å². The number of nitrogens with zero attached hydrogens (tertiary/aromatic N) is 5. The van der Waals surface area contributed by atoms with Crippen LogP contribution in [0.25, 0.3) is 74.5 Å². The molecule has 0 unspecified atom stereocenters. The molecule has 11 aromatic rings. The largest absolute Gasteiger partial charge is 3.00 e. The Morgan fingerprint density at radius 2 is 1.05 bits per heavy atom. The summed E-state index contributed by atoms with van der Waals surface area (Å²) in [6.45, 7) is 0.477. The predicted molar refractivity (Wildman–Crippen MR) is 255 cm³/mol. The van der Waals surface area contributed by atoms with Gasteiger partial charge in [-0.15, -0.1) is 47.2 Å². The zero-order chi connectivity index (χ0) is 41.9. The maximum atomic E-state index is 11.9. The Hall–Kier alpha value is -6.81. The summed E-state index contributed by atoms with van der Waals surface area (Å²) in [6, 6.07) is 61.7. The first-order valence-electron chi connectivity index (χ1n) is 20.2. The Kier molecular flexibility index (Phi) is 14.2. The zero-order valence-corrected chi connectivity index (χ0v) is 37.8. The van der Waals surface area contributed by atoms with Gasteiger partial charge in [-0.3, -0.25) is 29.7 Å². The fourth-order valence-electron chi connectivity index (χ4n) is 6.74. The third-order valence-electron chi connectivity index (χ3n) is 9.99. The van der Waals surface area contributed by atoms with Gasteiger partial charge in [0.1, 0.15) is 0 Å². The van der Waals surface area contributed by atoms with E-state index in [-0.39, 0.29) is 26.0 Å². The fourth-order valence-corrected chi connectivity index (χ4v) is 8.69. The van der Waals surface area contributed by atoms with Crippen LogP contribution < -0.4 is 5.32 Å². The number of carbonyl (C=O) groups excluding carboxylic acids is 1. The van der Waals surface area contributed by atoms with Crippen LogP contribution >= 0.6 is 22.7 Å². The smallest absolute Gasteiger partial charge is 0.220 e. The van der Waals surface area contributed by atoms with Crippen molar-refractivity contribution in [3.8, 4) is 32.5 Å². The van der Waals surface area contributed by atoms with E-state index < -0.39 is 0 Å². The average molecular weight is 1030 g/mol. The molecule has 0 radical (unpaired) electrons. The molecular formula is C53H38IrN6OS2-5. The van der Waals surface area contributed by atoms with Crippen LogP contribution in [0.3, 0.4) is 0 Å². The van der Waals surface area contributed by atoms with E-state index in [1.54, 1.807) is 47.5 Å². The van der Waals surface area contributed by atoms with Crippen molar-refractivity contribution in [2.45, 2.75) is 19.4 Å². The van der Waals surface area contributed by atoms with Crippen LogP contribution in [-0.2, 0) is 37.9 Å². The molecule has 0 aliphatic carbocycles. The second kappa shape index (κ2) is 20.8. The van der Waals surface area contributed by atoms with Gasteiger partial charge in [-0.2, -0.15) is 0 Å². The van der Waals surface area contributed by atoms with Crippen LogP contribution in [0.1, 0.15) is 17.5 Å². The molecule has 0 fully saturated rings. The number of nitrogens with one attached hydrogen (secondary N) is 1. The monoisotopic (exact) mass is 1030 g/mol. The van der Waals surface area contributed by atoms with Gasteiger partial charge in [-0.05, 0) is 89.9 Å². The number of pyridine rings is 5. The molecule has 0 saturated heterocycles. The third kappa shape index (κ3) is 11.0. The van der Waals surface area contributed by atoms with E-state index in [2.05, 4.69) is 105 Å². The van der Waals surface area contributed by atoms with Gasteiger partial charge in [0, 0.05) is 49.1 Å². The number of benzene rings is 4. The number of rotatable bonds is 8. The number of amides is 1. The number of aromatic nitrogens is 5. The number of para-hydroxylation sites is 2. The second-order valence-corrected chi connectivity index (χ2v) is 16.4. The van der Waals surface area contributed by atoms with E-state index in [0.717, 1.165) is 65.5 Å². The molecule has 11 rings (SSSR count). The van der Waals surface area contributed by atoms with Gasteiger partial charge in [0.15, 0.2) is 0 Å². The number of thiophene rings is 2. The molecule has 10 heteroatoms. The van der Waals surface area contributed by atoms with Gasteiger partial charge in [0.25, 0.3) is 0 Å². The van der Waals surface area contributed by atoms with E-state index >= 15 is 0 Å². The molecule has 1 amide bonds. The van der Waals surface area contributed by atoms with Crippen LogP contribution in [0.5, 0.6) is 0 Å². The first-order valence-corrected chi connectivity index (χ1v) is 21.8. The summed E-state index contributed by atoms with van der Waals surface area (Å²) in [4.78, 5) is 36.2.